The van der Waals surface area contributed by atoms with Gasteiger partial charge in [0.25, 0.3) is 5.91 Å². The fraction of sp³-hybridized carbons (Fsp3) is 0.158. The molecule has 0 radical (unpaired) electrons. The summed E-state index contributed by atoms with van der Waals surface area (Å²) in [6, 6.07) is 9.74. The largest absolute Gasteiger partial charge is 0.497 e. The number of alkyl halides is 3. The van der Waals surface area contributed by atoms with Crippen LogP contribution in [0.15, 0.2) is 53.5 Å². The smallest absolute Gasteiger partial charge is 0.416 e. The molecule has 1 amide bonds. The molecule has 0 saturated heterocycles. The zero-order valence-corrected chi connectivity index (χ0v) is 14.2. The molecule has 27 heavy (non-hydrogen) atoms. The van der Waals surface area contributed by atoms with Crippen molar-refractivity contribution in [2.45, 2.75) is 12.7 Å². The molecule has 140 valence electrons. The Bertz CT molecular complexity index is 1040. The Morgan fingerprint density at radius 2 is 1.85 bits per heavy atom. The van der Waals surface area contributed by atoms with Crippen molar-refractivity contribution < 1.29 is 22.7 Å². The van der Waals surface area contributed by atoms with Crippen LogP contribution in [0.1, 0.15) is 21.5 Å². The van der Waals surface area contributed by atoms with E-state index in [9.17, 15) is 22.8 Å². The van der Waals surface area contributed by atoms with Crippen LogP contribution in [0.2, 0.25) is 0 Å². The topological polar surface area (TPSA) is 71.2 Å². The van der Waals surface area contributed by atoms with Crippen LogP contribution in [0, 0.1) is 0 Å². The number of benzene rings is 2. The molecule has 8 heteroatoms. The van der Waals surface area contributed by atoms with Crippen LogP contribution in [0.25, 0.3) is 10.9 Å². The first-order valence-electron chi connectivity index (χ1n) is 7.93. The fourth-order valence-electron chi connectivity index (χ4n) is 2.59. The van der Waals surface area contributed by atoms with E-state index in [-0.39, 0.29) is 23.0 Å². The molecular formula is C19H15F3N2O3. The molecule has 3 rings (SSSR count). The predicted molar refractivity (Wildman–Crippen MR) is 93.7 cm³/mol. The highest BCUT2D eigenvalue weighted by molar-refractivity contribution is 5.97. The number of H-pyrrole nitrogens is 1. The highest BCUT2D eigenvalue weighted by Crippen LogP contribution is 2.30. The molecule has 5 nitrogen and oxygen atoms in total. The lowest BCUT2D eigenvalue weighted by atomic mass is 10.1. The second kappa shape index (κ2) is 7.14. The van der Waals surface area contributed by atoms with Crippen LogP contribution in [-0.4, -0.2) is 18.0 Å². The molecule has 0 aliphatic heterocycles. The van der Waals surface area contributed by atoms with Gasteiger partial charge in [-0.2, -0.15) is 13.2 Å². The van der Waals surface area contributed by atoms with Gasteiger partial charge < -0.3 is 15.0 Å². The molecule has 0 aliphatic carbocycles. The summed E-state index contributed by atoms with van der Waals surface area (Å²) in [6.07, 6.45) is -3.40. The van der Waals surface area contributed by atoms with Crippen molar-refractivity contribution in [3.63, 3.8) is 0 Å². The Morgan fingerprint density at radius 3 is 2.48 bits per heavy atom. The van der Waals surface area contributed by atoms with Gasteiger partial charge in [-0.3, -0.25) is 9.59 Å². The quantitative estimate of drug-likeness (QED) is 0.732. The third-order valence-corrected chi connectivity index (χ3v) is 4.06. The van der Waals surface area contributed by atoms with Gasteiger partial charge in [-0.05, 0) is 35.9 Å². The molecule has 0 saturated carbocycles. The minimum absolute atomic E-state index is 0.0140. The maximum Gasteiger partial charge on any atom is 0.416 e. The predicted octanol–water partition coefficient (Wildman–Crippen LogP) is 3.49. The monoisotopic (exact) mass is 376 g/mol. The zero-order valence-electron chi connectivity index (χ0n) is 14.2. The molecule has 0 spiro atoms. The van der Waals surface area contributed by atoms with Crippen molar-refractivity contribution >= 4 is 16.8 Å². The van der Waals surface area contributed by atoms with E-state index in [1.807, 2.05) is 0 Å². The van der Waals surface area contributed by atoms with Gasteiger partial charge in [-0.25, -0.2) is 0 Å². The molecule has 3 aromatic rings. The number of pyridine rings is 1. The van der Waals surface area contributed by atoms with E-state index in [1.54, 1.807) is 31.4 Å². The van der Waals surface area contributed by atoms with E-state index in [1.165, 1.54) is 0 Å². The van der Waals surface area contributed by atoms with E-state index < -0.39 is 23.1 Å². The number of halogens is 3. The Labute approximate surface area is 151 Å². The molecule has 1 heterocycles. The van der Waals surface area contributed by atoms with E-state index in [0.29, 0.717) is 5.75 Å². The minimum Gasteiger partial charge on any atom is -0.497 e. The summed E-state index contributed by atoms with van der Waals surface area (Å²) >= 11 is 0. The van der Waals surface area contributed by atoms with E-state index in [4.69, 9.17) is 4.74 Å². The lowest BCUT2D eigenvalue weighted by Gasteiger charge is -2.09. The summed E-state index contributed by atoms with van der Waals surface area (Å²) in [5.74, 6) is 0.0585. The lowest BCUT2D eigenvalue weighted by Crippen LogP contribution is -2.28. The van der Waals surface area contributed by atoms with Gasteiger partial charge in [0.05, 0.1) is 12.7 Å². The van der Waals surface area contributed by atoms with Gasteiger partial charge >= 0.3 is 6.18 Å². The minimum atomic E-state index is -4.51. The lowest BCUT2D eigenvalue weighted by molar-refractivity contribution is -0.137. The first kappa shape index (κ1) is 18.5. The highest BCUT2D eigenvalue weighted by Gasteiger charge is 2.30. The third kappa shape index (κ3) is 3.94. The Hall–Kier alpha value is -3.29. The molecule has 1 aromatic heterocycles. The number of aromatic nitrogens is 1. The number of fused-ring (bicyclic) bond motifs is 1. The van der Waals surface area contributed by atoms with E-state index in [0.717, 1.165) is 30.0 Å². The fourth-order valence-corrected chi connectivity index (χ4v) is 2.59. The number of methoxy groups -OCH3 is 1. The molecule has 2 aromatic carbocycles. The third-order valence-electron chi connectivity index (χ3n) is 4.06. The number of rotatable bonds is 4. The number of aromatic amines is 1. The first-order valence-corrected chi connectivity index (χ1v) is 7.93. The number of hydrogen-bond acceptors (Lipinski definition) is 3. The van der Waals surface area contributed by atoms with Crippen molar-refractivity contribution in [2.75, 3.05) is 7.11 Å². The summed E-state index contributed by atoms with van der Waals surface area (Å²) < 4.78 is 43.4. The van der Waals surface area contributed by atoms with Gasteiger partial charge in [0, 0.05) is 23.6 Å². The van der Waals surface area contributed by atoms with Crippen LogP contribution in [0.3, 0.4) is 0 Å². The summed E-state index contributed by atoms with van der Waals surface area (Å²) in [5, 5.41) is 2.63. The molecule has 0 bridgehead atoms. The maximum absolute atomic E-state index is 12.8. The SMILES string of the molecule is COc1ccc(CNC(=O)c2c[nH]c3cc(C(F)(F)F)ccc3c2=O)cc1. The molecule has 0 fully saturated rings. The van der Waals surface area contributed by atoms with Crippen molar-refractivity contribution in [1.82, 2.24) is 10.3 Å². The summed E-state index contributed by atoms with van der Waals surface area (Å²) in [7, 11) is 1.54. The highest BCUT2D eigenvalue weighted by atomic mass is 19.4. The zero-order chi connectivity index (χ0) is 19.6. The van der Waals surface area contributed by atoms with Crippen LogP contribution < -0.4 is 15.5 Å². The Balaban J connectivity index is 1.82. The van der Waals surface area contributed by atoms with Crippen molar-refractivity contribution in [2.24, 2.45) is 0 Å². The molecule has 0 atom stereocenters. The second-order valence-corrected chi connectivity index (χ2v) is 5.82. The van der Waals surface area contributed by atoms with E-state index in [2.05, 4.69) is 10.3 Å². The van der Waals surface area contributed by atoms with Crippen LogP contribution in [0.5, 0.6) is 5.75 Å². The van der Waals surface area contributed by atoms with Crippen molar-refractivity contribution in [3.8, 4) is 5.75 Å². The van der Waals surface area contributed by atoms with Gasteiger partial charge in [0.1, 0.15) is 11.3 Å². The molecular weight excluding hydrogens is 361 g/mol. The number of amides is 1. The second-order valence-electron chi connectivity index (χ2n) is 5.82. The number of hydrogen-bond donors (Lipinski definition) is 2. The average Bonchev–Trinajstić information content (AvgIpc) is 2.66. The van der Waals surface area contributed by atoms with Gasteiger partial charge in [0.2, 0.25) is 5.43 Å². The van der Waals surface area contributed by atoms with E-state index >= 15 is 0 Å². The van der Waals surface area contributed by atoms with Crippen LogP contribution >= 0.6 is 0 Å². The number of nitrogens with one attached hydrogen (secondary N) is 2. The normalized spacial score (nSPS) is 11.4. The van der Waals surface area contributed by atoms with Crippen molar-refractivity contribution in [3.05, 3.63) is 75.6 Å². The molecule has 0 aliphatic rings. The Kier molecular flexibility index (Phi) is 4.89. The average molecular weight is 376 g/mol. The number of carbonyl (C=O) groups is 1. The Morgan fingerprint density at radius 1 is 1.15 bits per heavy atom. The summed E-state index contributed by atoms with van der Waals surface area (Å²) in [4.78, 5) is 27.3. The van der Waals surface area contributed by atoms with Gasteiger partial charge in [-0.1, -0.05) is 12.1 Å². The van der Waals surface area contributed by atoms with Crippen LogP contribution in [-0.2, 0) is 12.7 Å². The number of carbonyl (C=O) groups excluding carboxylic acids is 1. The number of ether oxygens (including phenoxy) is 1. The summed E-state index contributed by atoms with van der Waals surface area (Å²) in [5.41, 5.74) is -0.861. The van der Waals surface area contributed by atoms with Crippen LogP contribution in [0.4, 0.5) is 13.2 Å². The van der Waals surface area contributed by atoms with Gasteiger partial charge in [-0.15, -0.1) is 0 Å². The molecule has 0 unspecified atom stereocenters. The first-order chi connectivity index (χ1) is 12.8. The summed E-state index contributed by atoms with van der Waals surface area (Å²) in [6.45, 7) is 0.188. The van der Waals surface area contributed by atoms with Gasteiger partial charge in [0.15, 0.2) is 0 Å². The molecule has 2 N–H and O–H groups in total. The maximum atomic E-state index is 12.8. The van der Waals surface area contributed by atoms with Crippen molar-refractivity contribution in [1.29, 1.82) is 0 Å². The standard InChI is InChI=1S/C19H15F3N2O3/c1-27-13-5-2-11(3-6-13)9-24-18(26)15-10-23-16-8-12(19(20,21)22)4-7-14(16)17(15)25/h2-8,10H,9H2,1H3,(H,23,25)(H,24,26).